The molecular weight excluding hydrogens is 200 g/mol. The minimum Gasteiger partial charge on any atom is -0.480 e. The van der Waals surface area contributed by atoms with E-state index in [2.05, 4.69) is 5.92 Å². The summed E-state index contributed by atoms with van der Waals surface area (Å²) >= 11 is 5.76. The molecule has 14 heavy (non-hydrogen) atoms. The van der Waals surface area contributed by atoms with Crippen molar-refractivity contribution in [2.45, 2.75) is 6.92 Å². The number of benzene rings is 1. The maximum atomic E-state index is 11.2. The number of Topliss-reactive ketones (excluding diaryl/α,β-unsaturated/α-hetero) is 1. The largest absolute Gasteiger partial charge is 0.480 e. The molecule has 0 N–H and O–H groups in total. The van der Waals surface area contributed by atoms with Crippen LogP contribution in [-0.4, -0.2) is 12.4 Å². The van der Waals surface area contributed by atoms with Gasteiger partial charge >= 0.3 is 0 Å². The molecule has 0 fully saturated rings. The molecule has 0 heterocycles. The molecule has 0 aromatic heterocycles. The Morgan fingerprint density at radius 2 is 2.36 bits per heavy atom. The topological polar surface area (TPSA) is 26.3 Å². The third-order valence-corrected chi connectivity index (χ3v) is 1.87. The highest BCUT2D eigenvalue weighted by atomic mass is 35.5. The number of hydrogen-bond acceptors (Lipinski definition) is 2. The van der Waals surface area contributed by atoms with Gasteiger partial charge in [-0.1, -0.05) is 17.5 Å². The predicted molar refractivity (Wildman–Crippen MR) is 55.8 cm³/mol. The number of carbonyl (C=O) groups is 1. The predicted octanol–water partition coefficient (Wildman–Crippen LogP) is 2.55. The number of hydrogen-bond donors (Lipinski definition) is 0. The van der Waals surface area contributed by atoms with Gasteiger partial charge in [0.2, 0.25) is 0 Å². The highest BCUT2D eigenvalue weighted by molar-refractivity contribution is 6.30. The van der Waals surface area contributed by atoms with Gasteiger partial charge in [0.25, 0.3) is 0 Å². The summed E-state index contributed by atoms with van der Waals surface area (Å²) < 4.78 is 5.19. The van der Waals surface area contributed by atoms with Crippen molar-refractivity contribution in [2.24, 2.45) is 0 Å². The number of rotatable bonds is 3. The van der Waals surface area contributed by atoms with Crippen LogP contribution in [0.2, 0.25) is 5.02 Å². The molecule has 0 unspecified atom stereocenters. The summed E-state index contributed by atoms with van der Waals surface area (Å²) in [6.45, 7) is 1.59. The van der Waals surface area contributed by atoms with Crippen molar-refractivity contribution in [1.82, 2.24) is 0 Å². The lowest BCUT2D eigenvalue weighted by Crippen LogP contribution is -2.01. The third kappa shape index (κ3) is 2.51. The van der Waals surface area contributed by atoms with Crippen LogP contribution in [0.3, 0.4) is 0 Å². The van der Waals surface area contributed by atoms with Gasteiger partial charge in [-0.15, -0.1) is 6.42 Å². The smallest absolute Gasteiger partial charge is 0.163 e. The van der Waals surface area contributed by atoms with Crippen LogP contribution in [-0.2, 0) is 0 Å². The Morgan fingerprint density at radius 3 is 2.93 bits per heavy atom. The average molecular weight is 209 g/mol. The average Bonchev–Trinajstić information content (AvgIpc) is 2.14. The molecule has 1 aromatic rings. The van der Waals surface area contributed by atoms with Crippen molar-refractivity contribution in [3.63, 3.8) is 0 Å². The summed E-state index contributed by atoms with van der Waals surface area (Å²) in [5.41, 5.74) is 0.490. The first-order valence-corrected chi connectivity index (χ1v) is 4.39. The molecule has 1 rings (SSSR count). The lowest BCUT2D eigenvalue weighted by Gasteiger charge is -2.07. The molecule has 3 heteroatoms. The number of ketones is 1. The second-order valence-electron chi connectivity index (χ2n) is 2.69. The fourth-order valence-electron chi connectivity index (χ4n) is 1.03. The van der Waals surface area contributed by atoms with Gasteiger partial charge in [0.15, 0.2) is 5.78 Å². The first-order chi connectivity index (χ1) is 6.65. The number of ether oxygens (including phenoxy) is 1. The van der Waals surface area contributed by atoms with E-state index in [0.717, 1.165) is 0 Å². The van der Waals surface area contributed by atoms with Crippen molar-refractivity contribution >= 4 is 17.4 Å². The number of terminal acetylenes is 1. The molecule has 0 radical (unpaired) electrons. The SMILES string of the molecule is C#CCOc1cc(Cl)ccc1C(C)=O. The summed E-state index contributed by atoms with van der Waals surface area (Å²) in [7, 11) is 0. The molecule has 1 aromatic carbocycles. The molecule has 0 aliphatic carbocycles. The number of carbonyl (C=O) groups excluding carboxylic acids is 1. The zero-order valence-electron chi connectivity index (χ0n) is 7.71. The van der Waals surface area contributed by atoms with E-state index in [1.807, 2.05) is 0 Å². The van der Waals surface area contributed by atoms with Crippen LogP contribution in [0.15, 0.2) is 18.2 Å². The Labute approximate surface area is 87.8 Å². The van der Waals surface area contributed by atoms with Crippen LogP contribution in [0.1, 0.15) is 17.3 Å². The zero-order valence-corrected chi connectivity index (χ0v) is 8.47. The summed E-state index contributed by atoms with van der Waals surface area (Å²) in [4.78, 5) is 11.2. The van der Waals surface area contributed by atoms with Crippen molar-refractivity contribution in [1.29, 1.82) is 0 Å². The highest BCUT2D eigenvalue weighted by Crippen LogP contribution is 2.23. The van der Waals surface area contributed by atoms with Crippen molar-refractivity contribution in [2.75, 3.05) is 6.61 Å². The Balaban J connectivity index is 3.04. The molecule has 0 atom stereocenters. The van der Waals surface area contributed by atoms with Crippen molar-refractivity contribution in [3.05, 3.63) is 28.8 Å². The summed E-state index contributed by atoms with van der Waals surface area (Å²) in [5.74, 6) is 2.68. The van der Waals surface area contributed by atoms with E-state index in [1.54, 1.807) is 18.2 Å². The second-order valence-corrected chi connectivity index (χ2v) is 3.13. The monoisotopic (exact) mass is 208 g/mol. The van der Waals surface area contributed by atoms with Crippen LogP contribution < -0.4 is 4.74 Å². The molecule has 0 aliphatic heterocycles. The first kappa shape index (κ1) is 10.6. The maximum absolute atomic E-state index is 11.2. The Morgan fingerprint density at radius 1 is 1.64 bits per heavy atom. The van der Waals surface area contributed by atoms with Gasteiger partial charge in [-0.3, -0.25) is 4.79 Å². The quantitative estimate of drug-likeness (QED) is 0.564. The molecule has 72 valence electrons. The van der Waals surface area contributed by atoms with Crippen molar-refractivity contribution < 1.29 is 9.53 Å². The van der Waals surface area contributed by atoms with Gasteiger partial charge in [-0.05, 0) is 25.1 Å². The Kier molecular flexibility index (Phi) is 3.55. The van der Waals surface area contributed by atoms with Crippen LogP contribution in [0, 0.1) is 12.3 Å². The molecule has 0 bridgehead atoms. The van der Waals surface area contributed by atoms with Gasteiger partial charge in [0.1, 0.15) is 12.4 Å². The fraction of sp³-hybridized carbons (Fsp3) is 0.182. The van der Waals surface area contributed by atoms with Gasteiger partial charge in [0.05, 0.1) is 5.56 Å². The highest BCUT2D eigenvalue weighted by Gasteiger charge is 2.08. The lowest BCUT2D eigenvalue weighted by atomic mass is 10.1. The van der Waals surface area contributed by atoms with E-state index in [1.165, 1.54) is 6.92 Å². The molecule has 0 amide bonds. The van der Waals surface area contributed by atoms with E-state index in [4.69, 9.17) is 22.8 Å². The summed E-state index contributed by atoms with van der Waals surface area (Å²) in [6.07, 6.45) is 5.05. The van der Waals surface area contributed by atoms with Gasteiger partial charge < -0.3 is 4.74 Å². The van der Waals surface area contributed by atoms with Gasteiger partial charge in [0, 0.05) is 5.02 Å². The number of halogens is 1. The molecule has 0 spiro atoms. The van der Waals surface area contributed by atoms with Crippen LogP contribution >= 0.6 is 11.6 Å². The normalized spacial score (nSPS) is 9.21. The van der Waals surface area contributed by atoms with Crippen molar-refractivity contribution in [3.8, 4) is 18.1 Å². The standard InChI is InChI=1S/C11H9ClO2/c1-3-6-14-11-7-9(12)4-5-10(11)8(2)13/h1,4-5,7H,6H2,2H3. The zero-order chi connectivity index (χ0) is 10.6. The van der Waals surface area contributed by atoms with E-state index < -0.39 is 0 Å². The van der Waals surface area contributed by atoms with E-state index >= 15 is 0 Å². The second kappa shape index (κ2) is 4.69. The van der Waals surface area contributed by atoms with Crippen LogP contribution in [0.5, 0.6) is 5.75 Å². The molecule has 0 saturated heterocycles. The van der Waals surface area contributed by atoms with Gasteiger partial charge in [-0.25, -0.2) is 0 Å². The Bertz CT molecular complexity index is 391. The Hall–Kier alpha value is -1.46. The summed E-state index contributed by atoms with van der Waals surface area (Å²) in [6, 6.07) is 4.84. The van der Waals surface area contributed by atoms with Gasteiger partial charge in [-0.2, -0.15) is 0 Å². The molecule has 0 aliphatic rings. The minimum atomic E-state index is -0.0753. The van der Waals surface area contributed by atoms with E-state index in [0.29, 0.717) is 16.3 Å². The molecular formula is C11H9ClO2. The lowest BCUT2D eigenvalue weighted by molar-refractivity contribution is 0.101. The molecule has 2 nitrogen and oxygen atoms in total. The third-order valence-electron chi connectivity index (χ3n) is 1.63. The first-order valence-electron chi connectivity index (χ1n) is 4.02. The molecule has 0 saturated carbocycles. The van der Waals surface area contributed by atoms with Crippen LogP contribution in [0.4, 0.5) is 0 Å². The maximum Gasteiger partial charge on any atom is 0.163 e. The van der Waals surface area contributed by atoms with E-state index in [9.17, 15) is 4.79 Å². The summed E-state index contributed by atoms with van der Waals surface area (Å²) in [5, 5.41) is 0.516. The minimum absolute atomic E-state index is 0.0753. The van der Waals surface area contributed by atoms with Crippen LogP contribution in [0.25, 0.3) is 0 Å². The fourth-order valence-corrected chi connectivity index (χ4v) is 1.19. The van der Waals surface area contributed by atoms with E-state index in [-0.39, 0.29) is 12.4 Å².